The van der Waals surface area contributed by atoms with Crippen LogP contribution in [0.5, 0.6) is 0 Å². The second kappa shape index (κ2) is 6.93. The lowest BCUT2D eigenvalue weighted by Gasteiger charge is -2.16. The summed E-state index contributed by atoms with van der Waals surface area (Å²) in [5.41, 5.74) is 0.895. The first-order valence-corrected chi connectivity index (χ1v) is 6.95. The van der Waals surface area contributed by atoms with E-state index in [-0.39, 0.29) is 24.3 Å². The first-order valence-electron chi connectivity index (χ1n) is 6.95. The number of carboxylic acids is 1. The maximum atomic E-state index is 11.7. The fraction of sp³-hybridized carbons (Fsp3) is 0.467. The third kappa shape index (κ3) is 3.98. The molecule has 3 N–H and O–H groups in total. The fourth-order valence-electron chi connectivity index (χ4n) is 2.65. The number of carboxylic acid groups (broad SMARTS) is 1. The van der Waals surface area contributed by atoms with Gasteiger partial charge in [0, 0.05) is 12.2 Å². The van der Waals surface area contributed by atoms with E-state index in [4.69, 9.17) is 5.11 Å². The van der Waals surface area contributed by atoms with Crippen LogP contribution in [0.1, 0.15) is 19.3 Å². The maximum Gasteiger partial charge on any atom is 0.306 e. The van der Waals surface area contributed by atoms with Gasteiger partial charge in [-0.2, -0.15) is 0 Å². The molecule has 2 atom stereocenters. The topological polar surface area (TPSA) is 78.4 Å². The highest BCUT2D eigenvalue weighted by molar-refractivity contribution is 5.80. The van der Waals surface area contributed by atoms with E-state index < -0.39 is 5.97 Å². The molecule has 1 saturated carbocycles. The Hall–Kier alpha value is -2.04. The predicted octanol–water partition coefficient (Wildman–Crippen LogP) is 1.72. The second-order valence-electron chi connectivity index (χ2n) is 5.16. The molecule has 5 heteroatoms. The molecule has 1 fully saturated rings. The zero-order chi connectivity index (χ0) is 14.4. The Labute approximate surface area is 118 Å². The quantitative estimate of drug-likeness (QED) is 0.739. The van der Waals surface area contributed by atoms with E-state index in [1.54, 1.807) is 0 Å². The minimum absolute atomic E-state index is 0.0631. The summed E-state index contributed by atoms with van der Waals surface area (Å²) in [6.07, 6.45) is 2.53. The molecular formula is C15H20N2O3. The molecule has 1 amide bonds. The third-order valence-corrected chi connectivity index (χ3v) is 3.76. The molecule has 0 aliphatic heterocycles. The first kappa shape index (κ1) is 14.4. The van der Waals surface area contributed by atoms with Gasteiger partial charge in [-0.05, 0) is 30.9 Å². The molecule has 108 valence electrons. The molecule has 1 aromatic carbocycles. The van der Waals surface area contributed by atoms with Gasteiger partial charge in [-0.15, -0.1) is 0 Å². The van der Waals surface area contributed by atoms with Gasteiger partial charge in [0.05, 0.1) is 12.5 Å². The van der Waals surface area contributed by atoms with Gasteiger partial charge in [-0.1, -0.05) is 24.6 Å². The van der Waals surface area contributed by atoms with E-state index in [0.29, 0.717) is 6.54 Å². The van der Waals surface area contributed by atoms with Gasteiger partial charge in [-0.25, -0.2) is 0 Å². The highest BCUT2D eigenvalue weighted by atomic mass is 16.4. The number of anilines is 1. The van der Waals surface area contributed by atoms with Crippen molar-refractivity contribution in [2.45, 2.75) is 19.3 Å². The van der Waals surface area contributed by atoms with Gasteiger partial charge in [0.1, 0.15) is 0 Å². The van der Waals surface area contributed by atoms with Gasteiger partial charge < -0.3 is 15.7 Å². The average molecular weight is 276 g/mol. The highest BCUT2D eigenvalue weighted by Gasteiger charge is 2.32. The molecule has 0 aromatic heterocycles. The van der Waals surface area contributed by atoms with E-state index >= 15 is 0 Å². The van der Waals surface area contributed by atoms with Crippen LogP contribution >= 0.6 is 0 Å². The van der Waals surface area contributed by atoms with E-state index in [1.807, 2.05) is 30.3 Å². The van der Waals surface area contributed by atoms with E-state index in [9.17, 15) is 9.59 Å². The number of hydrogen-bond donors (Lipinski definition) is 3. The Morgan fingerprint density at radius 3 is 2.65 bits per heavy atom. The minimum Gasteiger partial charge on any atom is -0.481 e. The molecule has 1 aromatic rings. The summed E-state index contributed by atoms with van der Waals surface area (Å²) in [6.45, 7) is 0.654. The standard InChI is InChI=1S/C15H20N2O3/c18-14(10-16-12-6-2-1-3-7-12)17-9-11-5-4-8-13(11)15(19)20/h1-3,6-7,11,13,16H,4-5,8-10H2,(H,17,18)(H,19,20). The van der Waals surface area contributed by atoms with Crippen LogP contribution in [-0.4, -0.2) is 30.1 Å². The maximum absolute atomic E-state index is 11.7. The molecule has 20 heavy (non-hydrogen) atoms. The van der Waals surface area contributed by atoms with Gasteiger partial charge in [0.2, 0.25) is 5.91 Å². The number of carbonyl (C=O) groups is 2. The van der Waals surface area contributed by atoms with Crippen molar-refractivity contribution in [3.63, 3.8) is 0 Å². The second-order valence-corrected chi connectivity index (χ2v) is 5.16. The number of rotatable bonds is 6. The molecule has 0 heterocycles. The molecule has 0 spiro atoms. The van der Waals surface area contributed by atoms with Crippen molar-refractivity contribution in [2.24, 2.45) is 11.8 Å². The number of hydrogen-bond acceptors (Lipinski definition) is 3. The van der Waals surface area contributed by atoms with Crippen LogP contribution in [-0.2, 0) is 9.59 Å². The summed E-state index contributed by atoms with van der Waals surface area (Å²) in [5, 5.41) is 14.9. The van der Waals surface area contributed by atoms with Crippen LogP contribution in [0.15, 0.2) is 30.3 Å². The zero-order valence-electron chi connectivity index (χ0n) is 11.3. The number of nitrogens with one attached hydrogen (secondary N) is 2. The normalized spacial score (nSPS) is 21.4. The van der Waals surface area contributed by atoms with Crippen LogP contribution in [0, 0.1) is 11.8 Å². The number of benzene rings is 1. The van der Waals surface area contributed by atoms with Gasteiger partial charge >= 0.3 is 5.97 Å². The lowest BCUT2D eigenvalue weighted by atomic mass is 9.96. The minimum atomic E-state index is -0.746. The Kier molecular flexibility index (Phi) is 4.98. The summed E-state index contributed by atoms with van der Waals surface area (Å²) in [4.78, 5) is 22.8. The average Bonchev–Trinajstić information content (AvgIpc) is 2.92. The summed E-state index contributed by atoms with van der Waals surface area (Å²) in [7, 11) is 0. The van der Waals surface area contributed by atoms with E-state index in [0.717, 1.165) is 24.9 Å². The smallest absolute Gasteiger partial charge is 0.306 e. The number of carbonyl (C=O) groups excluding carboxylic acids is 1. The zero-order valence-corrected chi connectivity index (χ0v) is 11.3. The molecule has 0 radical (unpaired) electrons. The molecular weight excluding hydrogens is 256 g/mol. The summed E-state index contributed by atoms with van der Waals surface area (Å²) < 4.78 is 0. The van der Waals surface area contributed by atoms with Gasteiger partial charge in [-0.3, -0.25) is 9.59 Å². The van der Waals surface area contributed by atoms with E-state index in [2.05, 4.69) is 10.6 Å². The monoisotopic (exact) mass is 276 g/mol. The van der Waals surface area contributed by atoms with Crippen molar-refractivity contribution in [1.29, 1.82) is 0 Å². The van der Waals surface area contributed by atoms with Crippen molar-refractivity contribution in [1.82, 2.24) is 5.32 Å². The Morgan fingerprint density at radius 1 is 1.20 bits per heavy atom. The predicted molar refractivity (Wildman–Crippen MR) is 76.4 cm³/mol. The van der Waals surface area contributed by atoms with Gasteiger partial charge in [0.15, 0.2) is 0 Å². The highest BCUT2D eigenvalue weighted by Crippen LogP contribution is 2.31. The lowest BCUT2D eigenvalue weighted by molar-refractivity contribution is -0.143. The SMILES string of the molecule is O=C(CNc1ccccc1)NCC1CCCC1C(=O)O. The van der Waals surface area contributed by atoms with Crippen molar-refractivity contribution in [2.75, 3.05) is 18.4 Å². The van der Waals surface area contributed by atoms with Gasteiger partial charge in [0.25, 0.3) is 0 Å². The molecule has 5 nitrogen and oxygen atoms in total. The van der Waals surface area contributed by atoms with Crippen LogP contribution in [0.2, 0.25) is 0 Å². The van der Waals surface area contributed by atoms with Crippen molar-refractivity contribution in [3.05, 3.63) is 30.3 Å². The first-order chi connectivity index (χ1) is 9.66. The number of aliphatic carboxylic acids is 1. The van der Waals surface area contributed by atoms with Crippen molar-refractivity contribution in [3.8, 4) is 0 Å². The summed E-state index contributed by atoms with van der Waals surface area (Å²) >= 11 is 0. The van der Waals surface area contributed by atoms with E-state index in [1.165, 1.54) is 0 Å². The van der Waals surface area contributed by atoms with Crippen LogP contribution < -0.4 is 10.6 Å². The lowest BCUT2D eigenvalue weighted by Crippen LogP contribution is -2.36. The largest absolute Gasteiger partial charge is 0.481 e. The number of amides is 1. The molecule has 0 bridgehead atoms. The fourth-order valence-corrected chi connectivity index (χ4v) is 2.65. The van der Waals surface area contributed by atoms with Crippen molar-refractivity contribution < 1.29 is 14.7 Å². The van der Waals surface area contributed by atoms with Crippen LogP contribution in [0.4, 0.5) is 5.69 Å². The molecule has 1 aliphatic rings. The molecule has 0 saturated heterocycles. The summed E-state index contributed by atoms with van der Waals surface area (Å²) in [5.74, 6) is -1.10. The molecule has 2 unspecified atom stereocenters. The van der Waals surface area contributed by atoms with Crippen LogP contribution in [0.25, 0.3) is 0 Å². The molecule has 2 rings (SSSR count). The summed E-state index contributed by atoms with van der Waals surface area (Å²) in [6, 6.07) is 9.50. The molecule has 1 aliphatic carbocycles. The Bertz CT molecular complexity index is 461. The third-order valence-electron chi connectivity index (χ3n) is 3.76. The Morgan fingerprint density at radius 2 is 1.95 bits per heavy atom. The number of para-hydroxylation sites is 1. The van der Waals surface area contributed by atoms with Crippen LogP contribution in [0.3, 0.4) is 0 Å². The Balaban J connectivity index is 1.71. The van der Waals surface area contributed by atoms with Crippen molar-refractivity contribution >= 4 is 17.6 Å².